The number of nitrogens with two attached hydrogens (primary N) is 1. The van der Waals surface area contributed by atoms with Gasteiger partial charge in [-0.25, -0.2) is 9.18 Å². The van der Waals surface area contributed by atoms with Gasteiger partial charge in [0.05, 0.1) is 6.08 Å². The van der Waals surface area contributed by atoms with E-state index in [1.807, 2.05) is 36.4 Å². The van der Waals surface area contributed by atoms with Crippen LogP contribution < -0.4 is 10.5 Å². The van der Waals surface area contributed by atoms with Gasteiger partial charge in [0.15, 0.2) is 0 Å². The molecule has 2 rings (SSSR count). The smallest absolute Gasteiger partial charge is 0.331 e. The molecule has 0 aromatic heterocycles. The molecule has 0 spiro atoms. The second kappa shape index (κ2) is 13.9. The molecule has 0 bridgehead atoms. The first kappa shape index (κ1) is 23.8. The van der Waals surface area contributed by atoms with E-state index in [4.69, 9.17) is 15.6 Å². The molecule has 7 heteroatoms. The van der Waals surface area contributed by atoms with Crippen LogP contribution in [-0.4, -0.2) is 24.1 Å². The van der Waals surface area contributed by atoms with Gasteiger partial charge < -0.3 is 20.3 Å². The summed E-state index contributed by atoms with van der Waals surface area (Å²) in [5, 5.41) is 7.86. The molecule has 2 aromatic carbocycles. The summed E-state index contributed by atoms with van der Waals surface area (Å²) in [6, 6.07) is 15.0. The second-order valence-corrected chi connectivity index (χ2v) is 6.09. The Morgan fingerprint density at radius 1 is 1.21 bits per heavy atom. The van der Waals surface area contributed by atoms with Crippen molar-refractivity contribution in [1.29, 1.82) is 0 Å². The van der Waals surface area contributed by atoms with Crippen molar-refractivity contribution < 1.29 is 28.6 Å². The molecule has 0 unspecified atom stereocenters. The van der Waals surface area contributed by atoms with E-state index in [-0.39, 0.29) is 18.4 Å². The Labute approximate surface area is 169 Å². The highest BCUT2D eigenvalue weighted by atomic mass is 19.1. The van der Waals surface area contributed by atoms with Gasteiger partial charge in [0, 0.05) is 6.07 Å². The van der Waals surface area contributed by atoms with Crippen LogP contribution in [0.1, 0.15) is 36.5 Å². The van der Waals surface area contributed by atoms with Crippen molar-refractivity contribution in [3.63, 3.8) is 0 Å². The zero-order valence-electron chi connectivity index (χ0n) is 16.3. The number of aryl methyl sites for hydroxylation is 1. The molecule has 3 N–H and O–H groups in total. The fourth-order valence-corrected chi connectivity index (χ4v) is 2.38. The lowest BCUT2D eigenvalue weighted by Gasteiger charge is -2.20. The highest BCUT2D eigenvalue weighted by molar-refractivity contribution is 5.79. The molecule has 0 aliphatic carbocycles. The van der Waals surface area contributed by atoms with Gasteiger partial charge in [0.2, 0.25) is 0 Å². The van der Waals surface area contributed by atoms with E-state index in [1.54, 1.807) is 13.0 Å². The molecule has 29 heavy (non-hydrogen) atoms. The number of ether oxygens (including phenoxy) is 2. The molecule has 0 amide bonds. The maximum Gasteiger partial charge on any atom is 0.331 e. The molecule has 156 valence electrons. The Morgan fingerprint density at radius 2 is 1.93 bits per heavy atom. The Kier molecular flexibility index (Phi) is 11.4. The monoisotopic (exact) mass is 403 g/mol. The minimum absolute atomic E-state index is 0.0696. The summed E-state index contributed by atoms with van der Waals surface area (Å²) in [6.45, 7) is 2.56. The minimum atomic E-state index is -1.15. The third-order valence-corrected chi connectivity index (χ3v) is 3.86. The fraction of sp³-hybridized carbons (Fsp3) is 0.273. The third kappa shape index (κ3) is 10.1. The zero-order valence-corrected chi connectivity index (χ0v) is 16.3. The fourth-order valence-electron chi connectivity index (χ4n) is 2.38. The molecule has 1 atom stereocenters. The van der Waals surface area contributed by atoms with E-state index < -0.39 is 5.97 Å². The van der Waals surface area contributed by atoms with E-state index in [9.17, 15) is 14.0 Å². The van der Waals surface area contributed by atoms with Crippen LogP contribution in [0.15, 0.2) is 60.9 Å². The number of carbonyl (C=O) groups excluding carboxylic acids is 1. The normalized spacial score (nSPS) is 11.3. The van der Waals surface area contributed by atoms with Crippen LogP contribution in [0.4, 0.5) is 4.39 Å². The summed E-state index contributed by atoms with van der Waals surface area (Å²) in [7, 11) is 0. The van der Waals surface area contributed by atoms with Crippen molar-refractivity contribution in [3.8, 4) is 5.75 Å². The van der Waals surface area contributed by atoms with Gasteiger partial charge in [-0.2, -0.15) is 0 Å². The Hall–Kier alpha value is -3.19. The van der Waals surface area contributed by atoms with Crippen molar-refractivity contribution in [2.45, 2.75) is 32.3 Å². The van der Waals surface area contributed by atoms with Gasteiger partial charge >= 0.3 is 5.97 Å². The van der Waals surface area contributed by atoms with Crippen LogP contribution in [0.25, 0.3) is 0 Å². The molecule has 0 radical (unpaired) electrons. The zero-order chi connectivity index (χ0) is 21.5. The van der Waals surface area contributed by atoms with Gasteiger partial charge in [-0.3, -0.25) is 4.79 Å². The van der Waals surface area contributed by atoms with Gasteiger partial charge in [0.25, 0.3) is 6.47 Å². The summed E-state index contributed by atoms with van der Waals surface area (Å²) in [6.07, 6.45) is 4.26. The summed E-state index contributed by atoms with van der Waals surface area (Å²) in [4.78, 5) is 18.9. The first-order chi connectivity index (χ1) is 14.0. The average molecular weight is 403 g/mol. The maximum atomic E-state index is 13.6. The first-order valence-corrected chi connectivity index (χ1v) is 9.14. The molecule has 0 saturated heterocycles. The third-order valence-electron chi connectivity index (χ3n) is 3.86. The lowest BCUT2D eigenvalue weighted by atomic mass is 10.0. The minimum Gasteiger partial charge on any atom is -0.486 e. The van der Waals surface area contributed by atoms with Gasteiger partial charge in [-0.1, -0.05) is 36.4 Å². The SMILES string of the molecule is Cc1ccc(O[C@@H](CCCCN)c2ccccc2)cc1F.O=CO/C=C/C(=O)O. The predicted octanol–water partition coefficient (Wildman–Crippen LogP) is 4.14. The van der Waals surface area contributed by atoms with E-state index in [0.29, 0.717) is 23.9 Å². The molecule has 2 aromatic rings. The Bertz CT molecular complexity index is 780. The van der Waals surface area contributed by atoms with Gasteiger partial charge in [0.1, 0.15) is 23.9 Å². The van der Waals surface area contributed by atoms with Crippen molar-refractivity contribution in [2.75, 3.05) is 6.54 Å². The predicted molar refractivity (Wildman–Crippen MR) is 108 cm³/mol. The van der Waals surface area contributed by atoms with Crippen molar-refractivity contribution in [2.24, 2.45) is 5.73 Å². The molecule has 6 nitrogen and oxygen atoms in total. The lowest BCUT2D eigenvalue weighted by Crippen LogP contribution is -2.09. The van der Waals surface area contributed by atoms with Crippen LogP contribution in [0.5, 0.6) is 5.75 Å². The number of unbranched alkanes of at least 4 members (excludes halogenated alkanes) is 1. The highest BCUT2D eigenvalue weighted by Crippen LogP contribution is 2.27. The van der Waals surface area contributed by atoms with Crippen molar-refractivity contribution in [3.05, 3.63) is 77.8 Å². The molecule has 0 aliphatic heterocycles. The molecule has 0 fully saturated rings. The van der Waals surface area contributed by atoms with E-state index in [1.165, 1.54) is 6.07 Å². The van der Waals surface area contributed by atoms with Crippen LogP contribution in [0.3, 0.4) is 0 Å². The number of carbonyl (C=O) groups is 2. The Morgan fingerprint density at radius 3 is 2.52 bits per heavy atom. The number of carboxylic acid groups (broad SMARTS) is 1. The van der Waals surface area contributed by atoms with Crippen molar-refractivity contribution in [1.82, 2.24) is 0 Å². The largest absolute Gasteiger partial charge is 0.486 e. The summed E-state index contributed by atoms with van der Waals surface area (Å²) >= 11 is 0. The lowest BCUT2D eigenvalue weighted by molar-refractivity contribution is -0.131. The van der Waals surface area contributed by atoms with E-state index in [2.05, 4.69) is 4.74 Å². The quantitative estimate of drug-likeness (QED) is 0.268. The number of hydrogen-bond donors (Lipinski definition) is 2. The number of carboxylic acids is 1. The average Bonchev–Trinajstić information content (AvgIpc) is 2.71. The maximum absolute atomic E-state index is 13.6. The number of benzene rings is 2. The van der Waals surface area contributed by atoms with E-state index in [0.717, 1.165) is 31.1 Å². The number of hydrogen-bond acceptors (Lipinski definition) is 5. The molecule has 0 heterocycles. The topological polar surface area (TPSA) is 98.9 Å². The summed E-state index contributed by atoms with van der Waals surface area (Å²) in [5.41, 5.74) is 7.29. The molecule has 0 saturated carbocycles. The number of rotatable bonds is 10. The van der Waals surface area contributed by atoms with Crippen LogP contribution >= 0.6 is 0 Å². The van der Waals surface area contributed by atoms with Gasteiger partial charge in [-0.15, -0.1) is 0 Å². The van der Waals surface area contributed by atoms with Crippen LogP contribution in [0.2, 0.25) is 0 Å². The van der Waals surface area contributed by atoms with Crippen molar-refractivity contribution >= 4 is 12.4 Å². The summed E-state index contributed by atoms with van der Waals surface area (Å²) < 4.78 is 23.5. The number of aliphatic carboxylic acids is 1. The van der Waals surface area contributed by atoms with Crippen LogP contribution in [-0.2, 0) is 14.3 Å². The molecule has 0 aliphatic rings. The molecular weight excluding hydrogens is 377 g/mol. The Balaban J connectivity index is 0.000000447. The van der Waals surface area contributed by atoms with Crippen LogP contribution in [0, 0.1) is 12.7 Å². The van der Waals surface area contributed by atoms with E-state index >= 15 is 0 Å². The first-order valence-electron chi connectivity index (χ1n) is 9.14. The second-order valence-electron chi connectivity index (χ2n) is 6.09. The summed E-state index contributed by atoms with van der Waals surface area (Å²) in [5.74, 6) is -0.812. The molecular formula is C22H26FNO5. The standard InChI is InChI=1S/C18H22FNO.C4H4O4/c1-14-10-11-16(13-17(14)19)21-18(9-5-6-12-20)15-7-3-2-4-8-15;5-3-8-2-1-4(6)7/h2-4,7-8,10-11,13,18H,5-6,9,12,20H2,1H3;1-3H,(H,6,7)/b;2-1+/t18-;/m0./s1. The van der Waals surface area contributed by atoms with Gasteiger partial charge in [-0.05, 0) is 49.9 Å². The highest BCUT2D eigenvalue weighted by Gasteiger charge is 2.13. The number of halogens is 1.